The van der Waals surface area contributed by atoms with E-state index in [0.29, 0.717) is 6.54 Å². The number of benzene rings is 1. The fourth-order valence-corrected chi connectivity index (χ4v) is 3.27. The summed E-state index contributed by atoms with van der Waals surface area (Å²) in [6.45, 7) is 7.49. The van der Waals surface area contributed by atoms with Crippen LogP contribution in [0, 0.1) is 6.92 Å². The number of ether oxygens (including phenoxy) is 1. The number of rotatable bonds is 7. The molecule has 8 nitrogen and oxygen atoms in total. The highest BCUT2D eigenvalue weighted by atomic mass is 16.5. The molecule has 3 rings (SSSR count). The highest BCUT2D eigenvalue weighted by molar-refractivity contribution is 6.03. The summed E-state index contributed by atoms with van der Waals surface area (Å²) < 4.78 is 11.7. The lowest BCUT2D eigenvalue weighted by Gasteiger charge is -2.27. The fourth-order valence-electron chi connectivity index (χ4n) is 3.27. The number of amides is 1. The number of aryl methyl sites for hydroxylation is 1. The van der Waals surface area contributed by atoms with Gasteiger partial charge >= 0.3 is 5.97 Å². The lowest BCUT2D eigenvalue weighted by Crippen LogP contribution is -2.40. The van der Waals surface area contributed by atoms with Crippen molar-refractivity contribution in [1.82, 2.24) is 14.5 Å². The number of carbonyl (C=O) groups excluding carboxylic acids is 2. The summed E-state index contributed by atoms with van der Waals surface area (Å²) in [5, 5.41) is 0.0282. The molecule has 0 atom stereocenters. The van der Waals surface area contributed by atoms with Crippen molar-refractivity contribution in [2.75, 3.05) is 6.61 Å². The van der Waals surface area contributed by atoms with Crippen LogP contribution in [0.2, 0.25) is 0 Å². The Balaban J connectivity index is 1.93. The monoisotopic (exact) mass is 411 g/mol. The lowest BCUT2D eigenvalue weighted by molar-refractivity contribution is -0.134. The number of furan rings is 1. The summed E-state index contributed by atoms with van der Waals surface area (Å²) in [5.41, 5.74) is 0.581. The molecular weight excluding hydrogens is 386 g/mol. The van der Waals surface area contributed by atoms with Crippen molar-refractivity contribution in [2.45, 2.75) is 46.8 Å². The maximum Gasteiger partial charge on any atom is 0.342 e. The molecule has 0 spiro atoms. The topological polar surface area (TPSA) is 94.6 Å². The largest absolute Gasteiger partial charge is 0.462 e. The molecule has 0 aliphatic carbocycles. The number of fused-ring (bicyclic) bond motifs is 1. The minimum Gasteiger partial charge on any atom is -0.462 e. The predicted octanol–water partition coefficient (Wildman–Crippen LogP) is 2.91. The molecule has 0 aliphatic heterocycles. The van der Waals surface area contributed by atoms with Crippen molar-refractivity contribution in [3.05, 3.63) is 63.9 Å². The van der Waals surface area contributed by atoms with Gasteiger partial charge in [-0.1, -0.05) is 30.3 Å². The minimum absolute atomic E-state index is 0.0282. The van der Waals surface area contributed by atoms with Crippen molar-refractivity contribution in [3.8, 4) is 0 Å². The Bertz CT molecular complexity index is 1110. The lowest BCUT2D eigenvalue weighted by atomic mass is 10.2. The van der Waals surface area contributed by atoms with Crippen molar-refractivity contribution < 1.29 is 18.7 Å². The summed E-state index contributed by atoms with van der Waals surface area (Å²) in [7, 11) is 0. The Labute approximate surface area is 174 Å². The van der Waals surface area contributed by atoms with Crippen LogP contribution in [0.25, 0.3) is 11.1 Å². The Morgan fingerprint density at radius 1 is 1.23 bits per heavy atom. The normalized spacial score (nSPS) is 11.1. The zero-order valence-electron chi connectivity index (χ0n) is 17.5. The molecule has 0 aliphatic rings. The molecule has 0 saturated heterocycles. The van der Waals surface area contributed by atoms with E-state index in [-0.39, 0.29) is 47.5 Å². The molecule has 0 radical (unpaired) electrons. The second kappa shape index (κ2) is 8.94. The van der Waals surface area contributed by atoms with E-state index in [0.717, 1.165) is 5.56 Å². The van der Waals surface area contributed by atoms with Gasteiger partial charge in [0.25, 0.3) is 5.56 Å². The van der Waals surface area contributed by atoms with Gasteiger partial charge in [-0.25, -0.2) is 9.78 Å². The van der Waals surface area contributed by atoms with Crippen LogP contribution in [0.5, 0.6) is 0 Å². The van der Waals surface area contributed by atoms with Gasteiger partial charge in [0.2, 0.25) is 11.6 Å². The van der Waals surface area contributed by atoms with E-state index in [9.17, 15) is 14.4 Å². The number of esters is 1. The van der Waals surface area contributed by atoms with Crippen molar-refractivity contribution >= 4 is 23.0 Å². The van der Waals surface area contributed by atoms with Crippen LogP contribution in [-0.4, -0.2) is 39.0 Å². The molecule has 3 aromatic rings. The van der Waals surface area contributed by atoms with Gasteiger partial charge in [0.15, 0.2) is 0 Å². The average Bonchev–Trinajstić information content (AvgIpc) is 3.05. The van der Waals surface area contributed by atoms with Crippen molar-refractivity contribution in [1.29, 1.82) is 0 Å². The highest BCUT2D eigenvalue weighted by Gasteiger charge is 2.25. The molecule has 2 aromatic heterocycles. The highest BCUT2D eigenvalue weighted by Crippen LogP contribution is 2.21. The number of aromatic nitrogens is 2. The first-order chi connectivity index (χ1) is 14.3. The van der Waals surface area contributed by atoms with E-state index in [2.05, 4.69) is 4.98 Å². The molecule has 1 aromatic carbocycles. The zero-order chi connectivity index (χ0) is 21.8. The number of hydrogen-bond donors (Lipinski definition) is 0. The van der Waals surface area contributed by atoms with E-state index in [1.807, 2.05) is 44.2 Å². The second-order valence-electron chi connectivity index (χ2n) is 7.21. The van der Waals surface area contributed by atoms with Gasteiger partial charge in [-0.15, -0.1) is 0 Å². The predicted molar refractivity (Wildman–Crippen MR) is 111 cm³/mol. The third-order valence-corrected chi connectivity index (χ3v) is 4.78. The van der Waals surface area contributed by atoms with E-state index >= 15 is 0 Å². The van der Waals surface area contributed by atoms with Gasteiger partial charge < -0.3 is 14.1 Å². The Morgan fingerprint density at radius 3 is 2.57 bits per heavy atom. The van der Waals surface area contributed by atoms with Gasteiger partial charge in [0.1, 0.15) is 29.6 Å². The zero-order valence-corrected chi connectivity index (χ0v) is 17.5. The molecule has 158 valence electrons. The Hall–Kier alpha value is -3.42. The number of nitrogens with zero attached hydrogens (tertiary/aromatic N) is 3. The standard InChI is InChI=1S/C22H25N3O5/c1-5-29-22(28)18-15(4)30-20-19(18)21(27)24(13-23-20)12-17(26)25(14(2)3)11-16-9-7-6-8-10-16/h6-10,13-14H,5,11-12H2,1-4H3. The SMILES string of the molecule is CCOC(=O)c1c(C)oc2ncn(CC(=O)N(Cc3ccccc3)C(C)C)c(=O)c12. The molecule has 0 saturated carbocycles. The van der Waals surface area contributed by atoms with Gasteiger partial charge in [0.05, 0.1) is 6.61 Å². The van der Waals surface area contributed by atoms with Crippen molar-refractivity contribution in [2.24, 2.45) is 0 Å². The summed E-state index contributed by atoms with van der Waals surface area (Å²) >= 11 is 0. The summed E-state index contributed by atoms with van der Waals surface area (Å²) in [4.78, 5) is 44.2. The third kappa shape index (κ3) is 4.27. The first-order valence-electron chi connectivity index (χ1n) is 9.82. The molecule has 30 heavy (non-hydrogen) atoms. The van der Waals surface area contributed by atoms with Gasteiger partial charge in [-0.3, -0.25) is 14.2 Å². The molecule has 0 unspecified atom stereocenters. The van der Waals surface area contributed by atoms with Crippen LogP contribution in [-0.2, 0) is 22.6 Å². The minimum atomic E-state index is -0.649. The Morgan fingerprint density at radius 2 is 1.93 bits per heavy atom. The summed E-state index contributed by atoms with van der Waals surface area (Å²) in [6.07, 6.45) is 1.27. The fraction of sp³-hybridized carbons (Fsp3) is 0.364. The van der Waals surface area contributed by atoms with E-state index in [1.54, 1.807) is 18.7 Å². The third-order valence-electron chi connectivity index (χ3n) is 4.78. The second-order valence-corrected chi connectivity index (χ2v) is 7.21. The molecule has 8 heteroatoms. The smallest absolute Gasteiger partial charge is 0.342 e. The molecule has 1 amide bonds. The van der Waals surface area contributed by atoms with Crippen molar-refractivity contribution in [3.63, 3.8) is 0 Å². The van der Waals surface area contributed by atoms with Crippen LogP contribution in [0.3, 0.4) is 0 Å². The average molecular weight is 411 g/mol. The number of hydrogen-bond acceptors (Lipinski definition) is 6. The van der Waals surface area contributed by atoms with Crippen LogP contribution >= 0.6 is 0 Å². The molecule has 0 fully saturated rings. The van der Waals surface area contributed by atoms with Crippen LogP contribution < -0.4 is 5.56 Å². The summed E-state index contributed by atoms with van der Waals surface area (Å²) in [6, 6.07) is 9.58. The van der Waals surface area contributed by atoms with Gasteiger partial charge in [-0.05, 0) is 33.3 Å². The van der Waals surface area contributed by atoms with Gasteiger partial charge in [-0.2, -0.15) is 0 Å². The van der Waals surface area contributed by atoms with Gasteiger partial charge in [0, 0.05) is 12.6 Å². The van der Waals surface area contributed by atoms with Crippen LogP contribution in [0.1, 0.15) is 42.5 Å². The maximum absolute atomic E-state index is 13.0. The van der Waals surface area contributed by atoms with Crippen LogP contribution in [0.15, 0.2) is 45.9 Å². The molecule has 2 heterocycles. The van der Waals surface area contributed by atoms with E-state index in [4.69, 9.17) is 9.15 Å². The van der Waals surface area contributed by atoms with E-state index < -0.39 is 11.5 Å². The van der Waals surface area contributed by atoms with Crippen LogP contribution in [0.4, 0.5) is 0 Å². The summed E-state index contributed by atoms with van der Waals surface area (Å²) in [5.74, 6) is -0.621. The Kier molecular flexibility index (Phi) is 6.34. The first-order valence-corrected chi connectivity index (χ1v) is 9.82. The molecular formula is C22H25N3O5. The van der Waals surface area contributed by atoms with E-state index in [1.165, 1.54) is 10.9 Å². The molecule has 0 N–H and O–H groups in total. The first kappa shape index (κ1) is 21.3. The maximum atomic E-state index is 13.0. The molecule has 0 bridgehead atoms. The quantitative estimate of drug-likeness (QED) is 0.555. The number of carbonyl (C=O) groups is 2.